The van der Waals surface area contributed by atoms with Gasteiger partial charge in [-0.05, 0) is 32.8 Å². The van der Waals surface area contributed by atoms with E-state index in [1.54, 1.807) is 4.90 Å². The lowest BCUT2D eigenvalue weighted by Crippen LogP contribution is -2.46. The predicted octanol–water partition coefficient (Wildman–Crippen LogP) is 2.95. The number of rotatable bonds is 6. The number of nitrogens with one attached hydrogen (secondary N) is 1. The maximum absolute atomic E-state index is 12.7. The summed E-state index contributed by atoms with van der Waals surface area (Å²) < 4.78 is 38.2. The molecule has 6 nitrogen and oxygen atoms in total. The first kappa shape index (κ1) is 22.3. The fourth-order valence-corrected chi connectivity index (χ4v) is 3.47. The lowest BCUT2D eigenvalue weighted by molar-refractivity contribution is -0.139. The van der Waals surface area contributed by atoms with E-state index in [0.717, 1.165) is 12.3 Å². The minimum atomic E-state index is -4.50. The van der Waals surface area contributed by atoms with Gasteiger partial charge < -0.3 is 15.1 Å². The van der Waals surface area contributed by atoms with Crippen LogP contribution in [-0.4, -0.2) is 54.4 Å². The number of piperidine rings is 1. The van der Waals surface area contributed by atoms with E-state index in [2.05, 4.69) is 10.3 Å². The normalized spacial score (nSPS) is 15.4. The summed E-state index contributed by atoms with van der Waals surface area (Å²) in [4.78, 5) is 31.6. The zero-order valence-electron chi connectivity index (χ0n) is 15.9. The molecule has 0 atom stereocenters. The molecule has 1 aromatic heterocycles. The minimum Gasteiger partial charge on any atom is -0.355 e. The van der Waals surface area contributed by atoms with Gasteiger partial charge in [0, 0.05) is 38.3 Å². The Hall–Kier alpha value is -2.03. The molecule has 0 saturated carbocycles. The second kappa shape index (κ2) is 9.45. The molecule has 0 spiro atoms. The van der Waals surface area contributed by atoms with Crippen molar-refractivity contribution in [2.75, 3.05) is 37.6 Å². The van der Waals surface area contributed by atoms with Crippen LogP contribution in [0.25, 0.3) is 0 Å². The number of amides is 2. The van der Waals surface area contributed by atoms with Crippen LogP contribution >= 0.6 is 11.6 Å². The summed E-state index contributed by atoms with van der Waals surface area (Å²) in [6.45, 7) is 5.49. The Morgan fingerprint density at radius 2 is 1.96 bits per heavy atom. The number of alkyl halides is 3. The number of nitrogens with zero attached hydrogens (tertiary/aromatic N) is 3. The minimum absolute atomic E-state index is 0.0235. The zero-order valence-corrected chi connectivity index (χ0v) is 16.6. The Kier molecular flexibility index (Phi) is 7.51. The first-order chi connectivity index (χ1) is 13.2. The summed E-state index contributed by atoms with van der Waals surface area (Å²) in [5, 5.41) is 2.61. The molecule has 10 heteroatoms. The van der Waals surface area contributed by atoms with Crippen LogP contribution in [0.2, 0.25) is 5.02 Å². The number of likely N-dealkylation sites (N-methyl/N-ethyl adjacent to an activating group) is 2. The second-order valence-corrected chi connectivity index (χ2v) is 7.00. The summed E-state index contributed by atoms with van der Waals surface area (Å²) in [6, 6.07) is 0.867. The first-order valence-electron chi connectivity index (χ1n) is 9.20. The van der Waals surface area contributed by atoms with Crippen molar-refractivity contribution in [2.45, 2.75) is 32.9 Å². The Morgan fingerprint density at radius 1 is 1.32 bits per heavy atom. The molecule has 156 valence electrons. The molecule has 0 bridgehead atoms. The molecule has 28 heavy (non-hydrogen) atoms. The second-order valence-electron chi connectivity index (χ2n) is 6.59. The van der Waals surface area contributed by atoms with Crippen molar-refractivity contribution >= 4 is 29.2 Å². The number of hydrogen-bond donors (Lipinski definition) is 1. The van der Waals surface area contributed by atoms with Crippen molar-refractivity contribution in [3.63, 3.8) is 0 Å². The van der Waals surface area contributed by atoms with Gasteiger partial charge in [-0.15, -0.1) is 0 Å². The number of carbonyl (C=O) groups is 2. The van der Waals surface area contributed by atoms with Crippen molar-refractivity contribution in [1.29, 1.82) is 0 Å². The third-order valence-corrected chi connectivity index (χ3v) is 4.97. The Labute approximate surface area is 167 Å². The van der Waals surface area contributed by atoms with Gasteiger partial charge in [0.15, 0.2) is 0 Å². The highest BCUT2D eigenvalue weighted by Gasteiger charge is 2.33. The molecule has 1 aromatic rings. The smallest absolute Gasteiger partial charge is 0.355 e. The average molecular weight is 421 g/mol. The molecule has 1 saturated heterocycles. The highest BCUT2D eigenvalue weighted by molar-refractivity contribution is 6.33. The molecule has 0 unspecified atom stereocenters. The first-order valence-corrected chi connectivity index (χ1v) is 9.58. The van der Waals surface area contributed by atoms with Crippen LogP contribution in [0.15, 0.2) is 12.3 Å². The molecular weight excluding hydrogens is 397 g/mol. The number of carbonyl (C=O) groups excluding carboxylic acids is 2. The van der Waals surface area contributed by atoms with Crippen LogP contribution in [0.5, 0.6) is 0 Å². The van der Waals surface area contributed by atoms with Crippen molar-refractivity contribution in [1.82, 2.24) is 15.2 Å². The maximum Gasteiger partial charge on any atom is 0.417 e. The van der Waals surface area contributed by atoms with Gasteiger partial charge in [-0.25, -0.2) is 4.98 Å². The van der Waals surface area contributed by atoms with Crippen LogP contribution in [-0.2, 0) is 15.8 Å². The Morgan fingerprint density at radius 3 is 2.46 bits per heavy atom. The van der Waals surface area contributed by atoms with E-state index in [1.165, 1.54) is 4.90 Å². The number of aromatic nitrogens is 1. The lowest BCUT2D eigenvalue weighted by atomic mass is 9.95. The van der Waals surface area contributed by atoms with Gasteiger partial charge in [0.05, 0.1) is 17.1 Å². The highest BCUT2D eigenvalue weighted by atomic mass is 35.5. The highest BCUT2D eigenvalue weighted by Crippen LogP contribution is 2.34. The van der Waals surface area contributed by atoms with Gasteiger partial charge in [0.1, 0.15) is 5.82 Å². The quantitative estimate of drug-likeness (QED) is 0.768. The molecule has 2 rings (SSSR count). The van der Waals surface area contributed by atoms with E-state index in [9.17, 15) is 22.8 Å². The van der Waals surface area contributed by atoms with Crippen molar-refractivity contribution < 1.29 is 22.8 Å². The van der Waals surface area contributed by atoms with Gasteiger partial charge in [-0.2, -0.15) is 13.2 Å². The largest absolute Gasteiger partial charge is 0.417 e. The number of pyridine rings is 1. The molecule has 1 aliphatic heterocycles. The average Bonchev–Trinajstić information content (AvgIpc) is 2.65. The Balaban J connectivity index is 1.98. The summed E-state index contributed by atoms with van der Waals surface area (Å²) in [7, 11) is 0. The number of halogens is 4. The van der Waals surface area contributed by atoms with Crippen LogP contribution in [0.1, 0.15) is 32.3 Å². The molecule has 2 amide bonds. The van der Waals surface area contributed by atoms with Gasteiger partial charge in [0.25, 0.3) is 0 Å². The zero-order chi connectivity index (χ0) is 20.9. The molecule has 1 N–H and O–H groups in total. The SMILES string of the molecule is CCNC(=O)CN(CC)C(=O)C1CCN(c2ncc(C(F)(F)F)cc2Cl)CC1. The molecular formula is C18H24ClF3N4O2. The van der Waals surface area contributed by atoms with Gasteiger partial charge in [-0.3, -0.25) is 9.59 Å². The molecule has 0 aromatic carbocycles. The predicted molar refractivity (Wildman–Crippen MR) is 100 cm³/mol. The topological polar surface area (TPSA) is 65.5 Å². The molecule has 2 heterocycles. The lowest BCUT2D eigenvalue weighted by Gasteiger charge is -2.34. The maximum atomic E-state index is 12.7. The van der Waals surface area contributed by atoms with Crippen molar-refractivity contribution in [3.8, 4) is 0 Å². The fourth-order valence-electron chi connectivity index (χ4n) is 3.19. The standard InChI is InChI=1S/C18H24ClF3N4O2/c1-3-23-15(27)11-25(4-2)17(28)12-5-7-26(8-6-12)16-14(19)9-13(10-24-16)18(20,21)22/h9-10,12H,3-8,11H2,1-2H3,(H,23,27). The van der Waals surface area contributed by atoms with E-state index < -0.39 is 11.7 Å². The summed E-state index contributed by atoms with van der Waals surface area (Å²) >= 11 is 6.00. The van der Waals surface area contributed by atoms with E-state index in [-0.39, 0.29) is 35.1 Å². The fraction of sp³-hybridized carbons (Fsp3) is 0.611. The van der Waals surface area contributed by atoms with Crippen LogP contribution in [0, 0.1) is 5.92 Å². The van der Waals surface area contributed by atoms with E-state index >= 15 is 0 Å². The summed E-state index contributed by atoms with van der Waals surface area (Å²) in [6.07, 6.45) is -2.70. The van der Waals surface area contributed by atoms with Gasteiger partial charge >= 0.3 is 6.18 Å². The Bertz CT molecular complexity index is 707. The van der Waals surface area contributed by atoms with Gasteiger partial charge in [0.2, 0.25) is 11.8 Å². The summed E-state index contributed by atoms with van der Waals surface area (Å²) in [5.74, 6) is -0.232. The number of hydrogen-bond acceptors (Lipinski definition) is 4. The molecule has 0 aliphatic carbocycles. The van der Waals surface area contributed by atoms with E-state index in [4.69, 9.17) is 11.6 Å². The summed E-state index contributed by atoms with van der Waals surface area (Å²) in [5.41, 5.74) is -0.893. The van der Waals surface area contributed by atoms with E-state index in [0.29, 0.717) is 39.0 Å². The molecule has 0 radical (unpaired) electrons. The third kappa shape index (κ3) is 5.50. The van der Waals surface area contributed by atoms with Gasteiger partial charge in [-0.1, -0.05) is 11.6 Å². The molecule has 1 fully saturated rings. The van der Waals surface area contributed by atoms with Crippen LogP contribution < -0.4 is 10.2 Å². The van der Waals surface area contributed by atoms with E-state index in [1.807, 2.05) is 13.8 Å². The van der Waals surface area contributed by atoms with Crippen LogP contribution in [0.3, 0.4) is 0 Å². The van der Waals surface area contributed by atoms with Crippen LogP contribution in [0.4, 0.5) is 19.0 Å². The third-order valence-electron chi connectivity index (χ3n) is 4.69. The van der Waals surface area contributed by atoms with Crippen molar-refractivity contribution in [3.05, 3.63) is 22.8 Å². The van der Waals surface area contributed by atoms with Crippen molar-refractivity contribution in [2.24, 2.45) is 5.92 Å². The molecule has 1 aliphatic rings. The number of anilines is 1. The monoisotopic (exact) mass is 420 g/mol.